The van der Waals surface area contributed by atoms with Gasteiger partial charge < -0.3 is 9.47 Å². The van der Waals surface area contributed by atoms with Gasteiger partial charge in [0.2, 0.25) is 0 Å². The quantitative estimate of drug-likeness (QED) is 0.665. The molecule has 84 valence electrons. The Labute approximate surface area is 92.2 Å². The van der Waals surface area contributed by atoms with Gasteiger partial charge >= 0.3 is 0 Å². The van der Waals surface area contributed by atoms with Crippen molar-refractivity contribution in [3.8, 4) is 5.75 Å². The second-order valence-electron chi connectivity index (χ2n) is 3.81. The van der Waals surface area contributed by atoms with Crippen molar-refractivity contribution in [2.45, 2.75) is 32.6 Å². The van der Waals surface area contributed by atoms with Crippen LogP contribution in [0.2, 0.25) is 0 Å². The van der Waals surface area contributed by atoms with E-state index in [1.54, 1.807) is 7.11 Å². The van der Waals surface area contributed by atoms with Crippen LogP contribution < -0.4 is 4.74 Å². The molecule has 0 heterocycles. The Hall–Kier alpha value is -1.02. The van der Waals surface area contributed by atoms with Crippen molar-refractivity contribution in [2.24, 2.45) is 0 Å². The summed E-state index contributed by atoms with van der Waals surface area (Å²) in [5, 5.41) is 0. The third-order valence-corrected chi connectivity index (χ3v) is 2.49. The molecule has 0 aromatic heterocycles. The first-order valence-electron chi connectivity index (χ1n) is 5.49. The summed E-state index contributed by atoms with van der Waals surface area (Å²) in [6.07, 6.45) is 2.43. The van der Waals surface area contributed by atoms with Crippen LogP contribution >= 0.6 is 0 Å². The van der Waals surface area contributed by atoms with Crippen LogP contribution in [0.25, 0.3) is 0 Å². The van der Waals surface area contributed by atoms with Gasteiger partial charge in [-0.25, -0.2) is 0 Å². The molecule has 0 aliphatic rings. The van der Waals surface area contributed by atoms with Gasteiger partial charge in [0.1, 0.15) is 5.75 Å². The van der Waals surface area contributed by atoms with E-state index in [-0.39, 0.29) is 0 Å². The predicted molar refractivity (Wildman–Crippen MR) is 62.3 cm³/mol. The maximum Gasteiger partial charge on any atom is 0.188 e. The van der Waals surface area contributed by atoms with Gasteiger partial charge in [0.25, 0.3) is 0 Å². The molecule has 0 spiro atoms. The molecule has 0 fully saturated rings. The number of benzene rings is 1. The van der Waals surface area contributed by atoms with Gasteiger partial charge in [-0.2, -0.15) is 0 Å². The SMILES string of the molecule is CCCC(C)c1cccc(OCOC)c1. The number of rotatable bonds is 6. The summed E-state index contributed by atoms with van der Waals surface area (Å²) in [4.78, 5) is 0. The maximum absolute atomic E-state index is 5.40. The number of hydrogen-bond donors (Lipinski definition) is 0. The van der Waals surface area contributed by atoms with Crippen molar-refractivity contribution in [1.82, 2.24) is 0 Å². The van der Waals surface area contributed by atoms with E-state index in [0.717, 1.165) is 5.75 Å². The van der Waals surface area contributed by atoms with Crippen LogP contribution in [0.15, 0.2) is 24.3 Å². The molecule has 1 atom stereocenters. The Balaban J connectivity index is 2.64. The van der Waals surface area contributed by atoms with E-state index in [4.69, 9.17) is 9.47 Å². The van der Waals surface area contributed by atoms with Crippen LogP contribution in [-0.4, -0.2) is 13.9 Å². The summed E-state index contributed by atoms with van der Waals surface area (Å²) in [6.45, 7) is 4.77. The van der Waals surface area contributed by atoms with Gasteiger partial charge in [-0.1, -0.05) is 32.4 Å². The molecular weight excluding hydrogens is 188 g/mol. The molecule has 1 rings (SSSR count). The van der Waals surface area contributed by atoms with Crippen LogP contribution in [0, 0.1) is 0 Å². The third-order valence-electron chi connectivity index (χ3n) is 2.49. The van der Waals surface area contributed by atoms with E-state index < -0.39 is 0 Å². The first-order valence-corrected chi connectivity index (χ1v) is 5.49. The summed E-state index contributed by atoms with van der Waals surface area (Å²) in [6, 6.07) is 8.24. The number of methoxy groups -OCH3 is 1. The first kappa shape index (κ1) is 12.1. The van der Waals surface area contributed by atoms with E-state index in [0.29, 0.717) is 12.7 Å². The molecular formula is C13H20O2. The average Bonchev–Trinajstić information content (AvgIpc) is 2.27. The van der Waals surface area contributed by atoms with Crippen LogP contribution in [0.3, 0.4) is 0 Å². The second kappa shape index (κ2) is 6.46. The summed E-state index contributed by atoms with van der Waals surface area (Å²) in [7, 11) is 1.63. The smallest absolute Gasteiger partial charge is 0.188 e. The van der Waals surface area contributed by atoms with Gasteiger partial charge in [0, 0.05) is 7.11 Å². The Kier molecular flexibility index (Phi) is 5.19. The molecule has 0 bridgehead atoms. The molecule has 0 aliphatic heterocycles. The zero-order valence-electron chi connectivity index (χ0n) is 9.82. The molecule has 1 unspecified atom stereocenters. The molecule has 0 radical (unpaired) electrons. The highest BCUT2D eigenvalue weighted by molar-refractivity contribution is 5.30. The fourth-order valence-electron chi connectivity index (χ4n) is 1.64. The highest BCUT2D eigenvalue weighted by Gasteiger charge is 2.05. The fraction of sp³-hybridized carbons (Fsp3) is 0.538. The van der Waals surface area contributed by atoms with Crippen molar-refractivity contribution < 1.29 is 9.47 Å². The van der Waals surface area contributed by atoms with Crippen LogP contribution in [-0.2, 0) is 4.74 Å². The Morgan fingerprint density at radius 1 is 1.33 bits per heavy atom. The lowest BCUT2D eigenvalue weighted by Gasteiger charge is -2.12. The zero-order chi connectivity index (χ0) is 11.1. The van der Waals surface area contributed by atoms with Crippen LogP contribution in [0.1, 0.15) is 38.2 Å². The maximum atomic E-state index is 5.40. The molecule has 0 saturated heterocycles. The van der Waals surface area contributed by atoms with Gasteiger partial charge in [-0.15, -0.1) is 0 Å². The minimum atomic E-state index is 0.311. The normalized spacial score (nSPS) is 12.5. The summed E-state index contributed by atoms with van der Waals surface area (Å²) in [5.74, 6) is 1.48. The Bertz CT molecular complexity index is 284. The summed E-state index contributed by atoms with van der Waals surface area (Å²) in [5.41, 5.74) is 1.34. The van der Waals surface area contributed by atoms with Gasteiger partial charge in [-0.3, -0.25) is 0 Å². The number of hydrogen-bond acceptors (Lipinski definition) is 2. The Morgan fingerprint density at radius 3 is 2.80 bits per heavy atom. The van der Waals surface area contributed by atoms with E-state index in [9.17, 15) is 0 Å². The van der Waals surface area contributed by atoms with Gasteiger partial charge in [-0.05, 0) is 30.0 Å². The molecule has 15 heavy (non-hydrogen) atoms. The average molecular weight is 208 g/mol. The van der Waals surface area contributed by atoms with Crippen molar-refractivity contribution >= 4 is 0 Å². The van der Waals surface area contributed by atoms with E-state index in [1.807, 2.05) is 12.1 Å². The molecule has 0 saturated carbocycles. The van der Waals surface area contributed by atoms with Crippen molar-refractivity contribution in [2.75, 3.05) is 13.9 Å². The van der Waals surface area contributed by atoms with Crippen molar-refractivity contribution in [1.29, 1.82) is 0 Å². The lowest BCUT2D eigenvalue weighted by molar-refractivity contribution is 0.0510. The topological polar surface area (TPSA) is 18.5 Å². The molecule has 1 aromatic carbocycles. The van der Waals surface area contributed by atoms with Gasteiger partial charge in [0.05, 0.1) is 0 Å². The minimum absolute atomic E-state index is 0.311. The zero-order valence-corrected chi connectivity index (χ0v) is 9.82. The van der Waals surface area contributed by atoms with Crippen molar-refractivity contribution in [3.63, 3.8) is 0 Å². The lowest BCUT2D eigenvalue weighted by Crippen LogP contribution is -2.00. The standard InChI is InChI=1S/C13H20O2/c1-4-6-11(2)12-7-5-8-13(9-12)15-10-14-3/h5,7-9,11H,4,6,10H2,1-3H3. The second-order valence-corrected chi connectivity index (χ2v) is 3.81. The van der Waals surface area contributed by atoms with Gasteiger partial charge in [0.15, 0.2) is 6.79 Å². The molecule has 0 amide bonds. The largest absolute Gasteiger partial charge is 0.468 e. The number of ether oxygens (including phenoxy) is 2. The van der Waals surface area contributed by atoms with E-state index in [2.05, 4.69) is 26.0 Å². The van der Waals surface area contributed by atoms with Crippen LogP contribution in [0.4, 0.5) is 0 Å². The lowest BCUT2D eigenvalue weighted by atomic mass is 9.96. The highest BCUT2D eigenvalue weighted by atomic mass is 16.7. The molecule has 2 heteroatoms. The van der Waals surface area contributed by atoms with E-state index >= 15 is 0 Å². The van der Waals surface area contributed by atoms with E-state index in [1.165, 1.54) is 18.4 Å². The minimum Gasteiger partial charge on any atom is -0.468 e. The third kappa shape index (κ3) is 3.92. The first-order chi connectivity index (χ1) is 7.27. The fourth-order valence-corrected chi connectivity index (χ4v) is 1.64. The molecule has 0 aliphatic carbocycles. The molecule has 2 nitrogen and oxygen atoms in total. The van der Waals surface area contributed by atoms with Crippen LogP contribution in [0.5, 0.6) is 5.75 Å². The monoisotopic (exact) mass is 208 g/mol. The summed E-state index contributed by atoms with van der Waals surface area (Å²) < 4.78 is 10.3. The molecule has 0 N–H and O–H groups in total. The van der Waals surface area contributed by atoms with Crippen molar-refractivity contribution in [3.05, 3.63) is 29.8 Å². The summed E-state index contributed by atoms with van der Waals surface area (Å²) >= 11 is 0. The Morgan fingerprint density at radius 2 is 2.13 bits per heavy atom. The highest BCUT2D eigenvalue weighted by Crippen LogP contribution is 2.24. The molecule has 1 aromatic rings. The predicted octanol–water partition coefficient (Wildman–Crippen LogP) is 3.57.